The molecule has 1 heterocycles. The van der Waals surface area contributed by atoms with Gasteiger partial charge in [-0.25, -0.2) is 0 Å². The molecule has 0 amide bonds. The topological polar surface area (TPSA) is 66.0 Å². The molecule has 6 nitrogen and oxygen atoms in total. The van der Waals surface area contributed by atoms with E-state index in [1.165, 1.54) is 25.7 Å². The zero-order valence-electron chi connectivity index (χ0n) is 13.5. The Hall–Kier alpha value is -1.59. The van der Waals surface area contributed by atoms with E-state index >= 15 is 0 Å². The molecule has 6 heteroatoms. The van der Waals surface area contributed by atoms with Crippen molar-refractivity contribution in [3.05, 3.63) is 0 Å². The van der Waals surface area contributed by atoms with Gasteiger partial charge in [0.2, 0.25) is 17.8 Å². The fraction of sp³-hybridized carbons (Fsp3) is 0.800. The van der Waals surface area contributed by atoms with Gasteiger partial charge in [0.15, 0.2) is 0 Å². The van der Waals surface area contributed by atoms with Gasteiger partial charge in [0.1, 0.15) is 0 Å². The van der Waals surface area contributed by atoms with Gasteiger partial charge in [-0.15, -0.1) is 0 Å². The summed E-state index contributed by atoms with van der Waals surface area (Å²) in [5.74, 6) is 2.98. The second kappa shape index (κ2) is 8.00. The van der Waals surface area contributed by atoms with Gasteiger partial charge >= 0.3 is 0 Å². The van der Waals surface area contributed by atoms with Crippen LogP contribution >= 0.6 is 0 Å². The Morgan fingerprint density at radius 2 is 1.67 bits per heavy atom. The van der Waals surface area contributed by atoms with Crippen LogP contribution in [0.5, 0.6) is 0 Å². The van der Waals surface area contributed by atoms with Crippen LogP contribution < -0.4 is 15.5 Å². The van der Waals surface area contributed by atoms with Crippen molar-refractivity contribution in [2.24, 2.45) is 5.92 Å². The maximum absolute atomic E-state index is 4.55. The predicted molar refractivity (Wildman–Crippen MR) is 88.0 cm³/mol. The molecule has 0 aliphatic heterocycles. The molecule has 0 spiro atoms. The summed E-state index contributed by atoms with van der Waals surface area (Å²) in [5, 5.41) is 6.54. The van der Waals surface area contributed by atoms with Crippen LogP contribution in [0.2, 0.25) is 0 Å². The summed E-state index contributed by atoms with van der Waals surface area (Å²) in [7, 11) is 0. The van der Waals surface area contributed by atoms with Crippen LogP contribution in [-0.2, 0) is 0 Å². The molecule has 118 valence electrons. The summed E-state index contributed by atoms with van der Waals surface area (Å²) in [4.78, 5) is 15.6. The Kier molecular flexibility index (Phi) is 6.02. The normalized spacial score (nSPS) is 14.6. The molecule has 1 saturated carbocycles. The molecular formula is C15H28N6. The molecule has 1 aromatic heterocycles. The smallest absolute Gasteiger partial charge is 0.231 e. The second-order valence-corrected chi connectivity index (χ2v) is 5.50. The van der Waals surface area contributed by atoms with Crippen LogP contribution in [0, 0.1) is 5.92 Å². The molecule has 1 aromatic rings. The molecule has 0 unspecified atom stereocenters. The highest BCUT2D eigenvalue weighted by Gasteiger charge is 2.17. The fourth-order valence-corrected chi connectivity index (χ4v) is 2.50. The Morgan fingerprint density at radius 1 is 1.00 bits per heavy atom. The first-order chi connectivity index (χ1) is 10.3. The number of nitrogens with one attached hydrogen (secondary N) is 2. The monoisotopic (exact) mass is 292 g/mol. The average Bonchev–Trinajstić information content (AvgIpc) is 2.43. The summed E-state index contributed by atoms with van der Waals surface area (Å²) in [6.45, 7) is 9.82. The van der Waals surface area contributed by atoms with Crippen molar-refractivity contribution >= 4 is 17.8 Å². The summed E-state index contributed by atoms with van der Waals surface area (Å²) in [6, 6.07) is 0. The summed E-state index contributed by atoms with van der Waals surface area (Å²) >= 11 is 0. The second-order valence-electron chi connectivity index (χ2n) is 5.50. The van der Waals surface area contributed by atoms with Crippen molar-refractivity contribution in [3.8, 4) is 0 Å². The van der Waals surface area contributed by atoms with E-state index in [0.29, 0.717) is 11.9 Å². The molecule has 21 heavy (non-hydrogen) atoms. The van der Waals surface area contributed by atoms with Gasteiger partial charge < -0.3 is 15.5 Å². The van der Waals surface area contributed by atoms with E-state index in [4.69, 9.17) is 0 Å². The molecule has 0 atom stereocenters. The van der Waals surface area contributed by atoms with E-state index in [-0.39, 0.29) is 0 Å². The molecule has 1 aliphatic carbocycles. The van der Waals surface area contributed by atoms with E-state index in [1.54, 1.807) is 0 Å². The van der Waals surface area contributed by atoms with Crippen molar-refractivity contribution in [1.82, 2.24) is 15.0 Å². The van der Waals surface area contributed by atoms with Gasteiger partial charge in [0, 0.05) is 26.2 Å². The molecule has 1 aliphatic rings. The van der Waals surface area contributed by atoms with E-state index in [2.05, 4.69) is 44.3 Å². The Bertz CT molecular complexity index is 428. The van der Waals surface area contributed by atoms with Crippen LogP contribution in [0.3, 0.4) is 0 Å². The number of anilines is 3. The predicted octanol–water partition coefficient (Wildman–Crippen LogP) is 2.75. The lowest BCUT2D eigenvalue weighted by atomic mass is 9.83. The van der Waals surface area contributed by atoms with Gasteiger partial charge in [-0.3, -0.25) is 0 Å². The number of rotatable bonds is 9. The van der Waals surface area contributed by atoms with E-state index in [0.717, 1.165) is 38.0 Å². The van der Waals surface area contributed by atoms with Crippen LogP contribution in [-0.4, -0.2) is 41.1 Å². The van der Waals surface area contributed by atoms with Crippen molar-refractivity contribution < 1.29 is 0 Å². The molecule has 0 aromatic carbocycles. The summed E-state index contributed by atoms with van der Waals surface area (Å²) in [5.41, 5.74) is 0. The number of nitrogens with zero attached hydrogens (tertiary/aromatic N) is 4. The molecule has 2 N–H and O–H groups in total. The molecule has 1 fully saturated rings. The molecule has 0 bridgehead atoms. The van der Waals surface area contributed by atoms with E-state index in [1.807, 2.05) is 6.92 Å². The minimum absolute atomic E-state index is 0.653. The lowest BCUT2D eigenvalue weighted by Gasteiger charge is -2.25. The number of hydrogen-bond acceptors (Lipinski definition) is 6. The van der Waals surface area contributed by atoms with Crippen molar-refractivity contribution in [2.45, 2.75) is 46.5 Å². The number of aromatic nitrogens is 3. The van der Waals surface area contributed by atoms with Crippen LogP contribution in [0.1, 0.15) is 46.5 Å². The zero-order chi connectivity index (χ0) is 15.1. The van der Waals surface area contributed by atoms with Crippen molar-refractivity contribution in [2.75, 3.05) is 41.7 Å². The first kappa shape index (κ1) is 15.8. The molecule has 0 radical (unpaired) electrons. The third kappa shape index (κ3) is 4.44. The maximum Gasteiger partial charge on any atom is 0.231 e. The van der Waals surface area contributed by atoms with Gasteiger partial charge in [0.25, 0.3) is 0 Å². The van der Waals surface area contributed by atoms with Crippen molar-refractivity contribution in [1.29, 1.82) is 0 Å². The molecular weight excluding hydrogens is 264 g/mol. The quantitative estimate of drug-likeness (QED) is 0.729. The summed E-state index contributed by atoms with van der Waals surface area (Å²) in [6.07, 6.45) is 5.37. The fourth-order valence-electron chi connectivity index (χ4n) is 2.50. The largest absolute Gasteiger partial charge is 0.354 e. The van der Waals surface area contributed by atoms with Crippen LogP contribution in [0.15, 0.2) is 0 Å². The highest BCUT2D eigenvalue weighted by Crippen LogP contribution is 2.29. The summed E-state index contributed by atoms with van der Waals surface area (Å²) < 4.78 is 0. The number of hydrogen-bond donors (Lipinski definition) is 2. The Labute approximate surface area is 127 Å². The van der Waals surface area contributed by atoms with Gasteiger partial charge in [-0.1, -0.05) is 19.3 Å². The Balaban J connectivity index is 2.02. The molecule has 2 rings (SSSR count). The van der Waals surface area contributed by atoms with Gasteiger partial charge in [-0.05, 0) is 33.1 Å². The van der Waals surface area contributed by atoms with E-state index in [9.17, 15) is 0 Å². The minimum atomic E-state index is 0.653. The van der Waals surface area contributed by atoms with E-state index < -0.39 is 0 Å². The highest BCUT2D eigenvalue weighted by molar-refractivity contribution is 5.43. The lowest BCUT2D eigenvalue weighted by Crippen LogP contribution is -2.25. The van der Waals surface area contributed by atoms with Crippen LogP contribution in [0.4, 0.5) is 17.8 Å². The third-order valence-corrected chi connectivity index (χ3v) is 4.07. The minimum Gasteiger partial charge on any atom is -0.354 e. The van der Waals surface area contributed by atoms with Gasteiger partial charge in [0.05, 0.1) is 0 Å². The average molecular weight is 292 g/mol. The highest BCUT2D eigenvalue weighted by atomic mass is 15.3. The zero-order valence-corrected chi connectivity index (χ0v) is 13.5. The van der Waals surface area contributed by atoms with Crippen molar-refractivity contribution in [3.63, 3.8) is 0 Å². The maximum atomic E-state index is 4.55. The molecule has 0 saturated heterocycles. The van der Waals surface area contributed by atoms with Gasteiger partial charge in [-0.2, -0.15) is 15.0 Å². The standard InChI is InChI=1S/C15H28N6/c1-4-16-13-18-14(17-11-10-12-8-7-9-12)20-15(19-13)21(5-2)6-3/h12H,4-11H2,1-3H3,(H2,16,17,18,19,20). The third-order valence-electron chi connectivity index (χ3n) is 4.07. The SMILES string of the molecule is CCNc1nc(NCCC2CCC2)nc(N(CC)CC)n1. The lowest BCUT2D eigenvalue weighted by molar-refractivity contribution is 0.303. The first-order valence-corrected chi connectivity index (χ1v) is 8.25. The first-order valence-electron chi connectivity index (χ1n) is 8.25. The Morgan fingerprint density at radius 3 is 2.19 bits per heavy atom. The van der Waals surface area contributed by atoms with Crippen LogP contribution in [0.25, 0.3) is 0 Å².